The zero-order valence-electron chi connectivity index (χ0n) is 10.9. The first-order valence-corrected chi connectivity index (χ1v) is 7.74. The number of thioether (sulfide) groups is 1. The molecule has 1 saturated carbocycles. The van der Waals surface area contributed by atoms with Gasteiger partial charge in [0.2, 0.25) is 5.95 Å². The molecule has 1 fully saturated rings. The van der Waals surface area contributed by atoms with E-state index in [9.17, 15) is 0 Å². The van der Waals surface area contributed by atoms with E-state index in [1.165, 1.54) is 30.3 Å². The van der Waals surface area contributed by atoms with Gasteiger partial charge in [0.05, 0.1) is 11.0 Å². The van der Waals surface area contributed by atoms with Crippen LogP contribution in [0.1, 0.15) is 30.9 Å². The molecule has 0 spiro atoms. The van der Waals surface area contributed by atoms with Crippen LogP contribution in [0.15, 0.2) is 18.2 Å². The Hall–Kier alpha value is -1.16. The third-order valence-electron chi connectivity index (χ3n) is 3.93. The summed E-state index contributed by atoms with van der Waals surface area (Å²) < 4.78 is 2.25. The second-order valence-corrected chi connectivity index (χ2v) is 6.29. The van der Waals surface area contributed by atoms with Crippen LogP contribution < -0.4 is 5.73 Å². The van der Waals surface area contributed by atoms with Crippen molar-refractivity contribution in [1.82, 2.24) is 9.55 Å². The van der Waals surface area contributed by atoms with Gasteiger partial charge < -0.3 is 10.3 Å². The quantitative estimate of drug-likeness (QED) is 0.901. The topological polar surface area (TPSA) is 43.8 Å². The third-order valence-corrected chi connectivity index (χ3v) is 5.02. The standard InChI is InChI=1S/C14H19N3S/c1-9-3-6-12-13(7-9)17(14(15)16-12)10-4-5-11(8-10)18-2/h3,6-7,10-11H,4-5,8H2,1-2H3,(H2,15,16). The van der Waals surface area contributed by atoms with Crippen molar-refractivity contribution in [3.8, 4) is 0 Å². The van der Waals surface area contributed by atoms with E-state index < -0.39 is 0 Å². The van der Waals surface area contributed by atoms with Gasteiger partial charge in [-0.25, -0.2) is 4.98 Å². The molecule has 2 N–H and O–H groups in total. The van der Waals surface area contributed by atoms with Gasteiger partial charge in [0.25, 0.3) is 0 Å². The van der Waals surface area contributed by atoms with E-state index in [1.807, 2.05) is 11.8 Å². The van der Waals surface area contributed by atoms with Crippen molar-refractivity contribution < 1.29 is 0 Å². The molecule has 4 heteroatoms. The van der Waals surface area contributed by atoms with Gasteiger partial charge in [-0.05, 0) is 50.1 Å². The van der Waals surface area contributed by atoms with Gasteiger partial charge in [-0.15, -0.1) is 0 Å². The molecule has 0 bridgehead atoms. The molecule has 1 heterocycles. The Morgan fingerprint density at radius 1 is 1.39 bits per heavy atom. The van der Waals surface area contributed by atoms with E-state index in [4.69, 9.17) is 5.73 Å². The molecule has 3 nitrogen and oxygen atoms in total. The number of aromatic nitrogens is 2. The Bertz CT molecular complexity index is 576. The molecule has 0 saturated heterocycles. The number of nitrogens with zero attached hydrogens (tertiary/aromatic N) is 2. The summed E-state index contributed by atoms with van der Waals surface area (Å²) in [6, 6.07) is 6.89. The van der Waals surface area contributed by atoms with Gasteiger partial charge in [0.1, 0.15) is 0 Å². The molecule has 1 aliphatic rings. The largest absolute Gasteiger partial charge is 0.369 e. The molecule has 0 radical (unpaired) electrons. The maximum atomic E-state index is 6.12. The van der Waals surface area contributed by atoms with Gasteiger partial charge in [-0.1, -0.05) is 6.07 Å². The summed E-state index contributed by atoms with van der Waals surface area (Å²) in [6.45, 7) is 2.12. The first kappa shape index (κ1) is 11.9. The predicted molar refractivity (Wildman–Crippen MR) is 79.1 cm³/mol. The van der Waals surface area contributed by atoms with E-state index in [2.05, 4.69) is 40.9 Å². The van der Waals surface area contributed by atoms with Crippen molar-refractivity contribution in [1.29, 1.82) is 0 Å². The average molecular weight is 261 g/mol. The van der Waals surface area contributed by atoms with Crippen LogP contribution in [0.2, 0.25) is 0 Å². The highest BCUT2D eigenvalue weighted by atomic mass is 32.2. The Balaban J connectivity index is 2.05. The number of imidazole rings is 1. The SMILES string of the molecule is CSC1CCC(n2c(N)nc3ccc(C)cc32)C1. The van der Waals surface area contributed by atoms with Crippen LogP contribution in [-0.4, -0.2) is 21.1 Å². The zero-order chi connectivity index (χ0) is 12.7. The van der Waals surface area contributed by atoms with E-state index in [0.717, 1.165) is 10.8 Å². The number of nitrogens with two attached hydrogens (primary N) is 1. The normalized spacial score (nSPS) is 23.9. The van der Waals surface area contributed by atoms with Crippen LogP contribution in [0.5, 0.6) is 0 Å². The molecule has 1 aliphatic carbocycles. The molecule has 1 aromatic carbocycles. The highest BCUT2D eigenvalue weighted by molar-refractivity contribution is 7.99. The lowest BCUT2D eigenvalue weighted by Gasteiger charge is -2.15. The molecule has 0 aliphatic heterocycles. The Kier molecular flexibility index (Phi) is 2.98. The fourth-order valence-corrected chi connectivity index (χ4v) is 3.76. The number of hydrogen-bond donors (Lipinski definition) is 1. The highest BCUT2D eigenvalue weighted by Gasteiger charge is 2.27. The Morgan fingerprint density at radius 2 is 2.22 bits per heavy atom. The number of aryl methyl sites for hydroxylation is 1. The van der Waals surface area contributed by atoms with Gasteiger partial charge in [0.15, 0.2) is 0 Å². The zero-order valence-corrected chi connectivity index (χ0v) is 11.7. The van der Waals surface area contributed by atoms with Crippen molar-refractivity contribution in [2.45, 2.75) is 37.5 Å². The second-order valence-electron chi connectivity index (χ2n) is 5.16. The van der Waals surface area contributed by atoms with E-state index in [0.29, 0.717) is 12.0 Å². The predicted octanol–water partition coefficient (Wildman–Crippen LogP) is 3.38. The van der Waals surface area contributed by atoms with Crippen LogP contribution in [0.3, 0.4) is 0 Å². The van der Waals surface area contributed by atoms with Gasteiger partial charge in [-0.3, -0.25) is 0 Å². The molecule has 96 valence electrons. The number of fused-ring (bicyclic) bond motifs is 1. The minimum atomic E-state index is 0.522. The van der Waals surface area contributed by atoms with E-state index in [-0.39, 0.29) is 0 Å². The maximum Gasteiger partial charge on any atom is 0.201 e. The van der Waals surface area contributed by atoms with Crippen molar-refractivity contribution in [2.24, 2.45) is 0 Å². The lowest BCUT2D eigenvalue weighted by atomic mass is 10.2. The number of hydrogen-bond acceptors (Lipinski definition) is 3. The van der Waals surface area contributed by atoms with Crippen molar-refractivity contribution in [3.05, 3.63) is 23.8 Å². The lowest BCUT2D eigenvalue weighted by Crippen LogP contribution is -2.09. The molecule has 2 atom stereocenters. The van der Waals surface area contributed by atoms with E-state index >= 15 is 0 Å². The fraction of sp³-hybridized carbons (Fsp3) is 0.500. The Morgan fingerprint density at radius 3 is 2.94 bits per heavy atom. The summed E-state index contributed by atoms with van der Waals surface area (Å²) in [6.07, 6.45) is 5.92. The van der Waals surface area contributed by atoms with Gasteiger partial charge >= 0.3 is 0 Å². The average Bonchev–Trinajstić information content (AvgIpc) is 2.92. The van der Waals surface area contributed by atoms with Crippen LogP contribution in [0, 0.1) is 6.92 Å². The van der Waals surface area contributed by atoms with Crippen molar-refractivity contribution >= 4 is 28.7 Å². The molecule has 3 rings (SSSR count). The molecular formula is C14H19N3S. The maximum absolute atomic E-state index is 6.12. The van der Waals surface area contributed by atoms with Crippen molar-refractivity contribution in [2.75, 3.05) is 12.0 Å². The fourth-order valence-electron chi connectivity index (χ4n) is 2.97. The lowest BCUT2D eigenvalue weighted by molar-refractivity contribution is 0.540. The van der Waals surface area contributed by atoms with Crippen LogP contribution in [0.25, 0.3) is 11.0 Å². The van der Waals surface area contributed by atoms with Crippen LogP contribution >= 0.6 is 11.8 Å². The molecule has 18 heavy (non-hydrogen) atoms. The van der Waals surface area contributed by atoms with Gasteiger partial charge in [-0.2, -0.15) is 11.8 Å². The molecule has 2 unspecified atom stereocenters. The number of rotatable bonds is 2. The monoisotopic (exact) mass is 261 g/mol. The molecule has 2 aromatic rings. The molecule has 0 amide bonds. The van der Waals surface area contributed by atoms with Crippen molar-refractivity contribution in [3.63, 3.8) is 0 Å². The highest BCUT2D eigenvalue weighted by Crippen LogP contribution is 2.39. The summed E-state index contributed by atoms with van der Waals surface area (Å²) in [4.78, 5) is 4.48. The van der Waals surface area contributed by atoms with Gasteiger partial charge in [0, 0.05) is 11.3 Å². The molecule has 1 aromatic heterocycles. The second kappa shape index (κ2) is 4.50. The smallest absolute Gasteiger partial charge is 0.201 e. The minimum absolute atomic E-state index is 0.522. The minimum Gasteiger partial charge on any atom is -0.369 e. The third kappa shape index (κ3) is 1.88. The summed E-state index contributed by atoms with van der Waals surface area (Å²) in [5.41, 5.74) is 9.59. The molecular weight excluding hydrogens is 242 g/mol. The first-order valence-electron chi connectivity index (χ1n) is 6.46. The summed E-state index contributed by atoms with van der Waals surface area (Å²) >= 11 is 1.97. The number of benzene rings is 1. The number of nitrogen functional groups attached to an aromatic ring is 1. The van der Waals surface area contributed by atoms with E-state index in [1.54, 1.807) is 0 Å². The van der Waals surface area contributed by atoms with Crippen LogP contribution in [-0.2, 0) is 0 Å². The summed E-state index contributed by atoms with van der Waals surface area (Å²) in [7, 11) is 0. The number of anilines is 1. The first-order chi connectivity index (χ1) is 8.69. The summed E-state index contributed by atoms with van der Waals surface area (Å²) in [5.74, 6) is 0.669. The van der Waals surface area contributed by atoms with Crippen LogP contribution in [0.4, 0.5) is 5.95 Å². The summed E-state index contributed by atoms with van der Waals surface area (Å²) in [5, 5.41) is 0.775. The Labute approximate surface area is 112 Å².